The summed E-state index contributed by atoms with van der Waals surface area (Å²) in [6, 6.07) is 11.3. The van der Waals surface area contributed by atoms with Crippen molar-refractivity contribution < 1.29 is 18.3 Å². The maximum atomic E-state index is 13.8. The van der Waals surface area contributed by atoms with Crippen LogP contribution in [0.15, 0.2) is 64.2 Å². The van der Waals surface area contributed by atoms with E-state index in [4.69, 9.17) is 4.74 Å². The fraction of sp³-hybridized carbons (Fsp3) is 0.105. The molecule has 1 atom stereocenters. The van der Waals surface area contributed by atoms with Crippen LogP contribution in [0.4, 0.5) is 8.78 Å². The zero-order chi connectivity index (χ0) is 19.6. The topological polar surface area (TPSA) is 81.2 Å². The van der Waals surface area contributed by atoms with Crippen molar-refractivity contribution >= 4 is 5.97 Å². The molecule has 1 aromatic heterocycles. The number of nitrogens with one attached hydrogen (secondary N) is 1. The zero-order valence-electron chi connectivity index (χ0n) is 14.1. The minimum Gasteiger partial charge on any atom is -0.454 e. The van der Waals surface area contributed by atoms with Crippen molar-refractivity contribution in [1.29, 1.82) is 0 Å². The van der Waals surface area contributed by atoms with E-state index < -0.39 is 34.8 Å². The molecule has 0 aliphatic rings. The number of aromatic nitrogens is 2. The van der Waals surface area contributed by atoms with Crippen LogP contribution in [0.5, 0.6) is 0 Å². The Labute approximate surface area is 151 Å². The van der Waals surface area contributed by atoms with Crippen molar-refractivity contribution in [2.24, 2.45) is 0 Å². The third-order valence-corrected chi connectivity index (χ3v) is 3.85. The summed E-state index contributed by atoms with van der Waals surface area (Å²) in [7, 11) is 0. The molecule has 0 aliphatic carbocycles. The summed E-state index contributed by atoms with van der Waals surface area (Å²) in [5.41, 5.74) is -1.07. The van der Waals surface area contributed by atoms with Crippen molar-refractivity contribution in [1.82, 2.24) is 9.78 Å². The van der Waals surface area contributed by atoms with Crippen LogP contribution in [-0.4, -0.2) is 15.7 Å². The van der Waals surface area contributed by atoms with Gasteiger partial charge in [-0.25, -0.2) is 18.3 Å². The van der Waals surface area contributed by atoms with Gasteiger partial charge in [0.05, 0.1) is 16.8 Å². The average Bonchev–Trinajstić information content (AvgIpc) is 2.63. The number of aromatic amines is 1. The molecule has 138 valence electrons. The van der Waals surface area contributed by atoms with Crippen molar-refractivity contribution in [2.75, 3.05) is 0 Å². The summed E-state index contributed by atoms with van der Waals surface area (Å²) >= 11 is 0. The Morgan fingerprint density at radius 3 is 2.41 bits per heavy atom. The quantitative estimate of drug-likeness (QED) is 0.714. The van der Waals surface area contributed by atoms with Crippen LogP contribution in [0.3, 0.4) is 0 Å². The van der Waals surface area contributed by atoms with E-state index in [1.807, 2.05) is 0 Å². The van der Waals surface area contributed by atoms with Crippen LogP contribution in [0, 0.1) is 11.6 Å². The molecule has 3 aromatic rings. The van der Waals surface area contributed by atoms with E-state index in [1.165, 1.54) is 37.3 Å². The predicted octanol–water partition coefficient (Wildman–Crippen LogP) is 2.72. The monoisotopic (exact) mass is 372 g/mol. The fourth-order valence-electron chi connectivity index (χ4n) is 2.57. The van der Waals surface area contributed by atoms with Gasteiger partial charge in [-0.15, -0.1) is 0 Å². The number of esters is 1. The number of rotatable bonds is 4. The first-order valence-corrected chi connectivity index (χ1v) is 7.94. The van der Waals surface area contributed by atoms with Gasteiger partial charge in [-0.05, 0) is 37.3 Å². The number of benzene rings is 2. The second-order valence-corrected chi connectivity index (χ2v) is 5.72. The summed E-state index contributed by atoms with van der Waals surface area (Å²) in [4.78, 5) is 35.7. The maximum absolute atomic E-state index is 13.8. The number of H-pyrrole nitrogens is 1. The van der Waals surface area contributed by atoms with E-state index in [0.29, 0.717) is 0 Å². The number of carbonyl (C=O) groups excluding carboxylic acids is 1. The summed E-state index contributed by atoms with van der Waals surface area (Å²) in [6.45, 7) is 1.35. The third-order valence-electron chi connectivity index (χ3n) is 3.85. The summed E-state index contributed by atoms with van der Waals surface area (Å²) in [5, 5.41) is 2.34. The highest BCUT2D eigenvalue weighted by atomic mass is 19.1. The van der Waals surface area contributed by atoms with E-state index in [2.05, 4.69) is 5.10 Å². The smallest absolute Gasteiger partial charge is 0.338 e. The van der Waals surface area contributed by atoms with Crippen LogP contribution in [-0.2, 0) is 4.74 Å². The summed E-state index contributed by atoms with van der Waals surface area (Å²) in [6.07, 6.45) is -1.17. The fourth-order valence-corrected chi connectivity index (χ4v) is 2.57. The molecule has 0 radical (unpaired) electrons. The molecule has 8 heteroatoms. The van der Waals surface area contributed by atoms with Crippen molar-refractivity contribution in [2.45, 2.75) is 13.0 Å². The van der Waals surface area contributed by atoms with Crippen LogP contribution in [0.2, 0.25) is 0 Å². The molecule has 0 bridgehead atoms. The second-order valence-electron chi connectivity index (χ2n) is 5.72. The van der Waals surface area contributed by atoms with Gasteiger partial charge in [0.25, 0.3) is 11.1 Å². The highest BCUT2D eigenvalue weighted by molar-refractivity contribution is 5.90. The minimum atomic E-state index is -1.17. The van der Waals surface area contributed by atoms with Gasteiger partial charge in [-0.3, -0.25) is 14.7 Å². The summed E-state index contributed by atoms with van der Waals surface area (Å²) < 4.78 is 33.8. The van der Waals surface area contributed by atoms with E-state index >= 15 is 0 Å². The molecule has 0 unspecified atom stereocenters. The van der Waals surface area contributed by atoms with Gasteiger partial charge in [-0.1, -0.05) is 12.1 Å². The van der Waals surface area contributed by atoms with Gasteiger partial charge in [0.1, 0.15) is 17.7 Å². The second kappa shape index (κ2) is 7.36. The lowest BCUT2D eigenvalue weighted by atomic mass is 10.1. The normalized spacial score (nSPS) is 11.8. The first kappa shape index (κ1) is 18.2. The van der Waals surface area contributed by atoms with E-state index in [1.54, 1.807) is 0 Å². The number of ether oxygens (including phenoxy) is 1. The molecule has 0 fully saturated rings. The highest BCUT2D eigenvalue weighted by Crippen LogP contribution is 2.24. The molecule has 0 amide bonds. The van der Waals surface area contributed by atoms with E-state index in [0.717, 1.165) is 28.9 Å². The van der Waals surface area contributed by atoms with Gasteiger partial charge >= 0.3 is 5.97 Å². The minimum absolute atomic E-state index is 0.0488. The number of halogens is 2. The van der Waals surface area contributed by atoms with Crippen LogP contribution in [0.25, 0.3) is 5.69 Å². The maximum Gasteiger partial charge on any atom is 0.338 e. The molecule has 1 N–H and O–H groups in total. The Balaban J connectivity index is 1.89. The molecular formula is C19H14F2N2O4. The SMILES string of the molecule is C[C@H](OC(=O)c1cccc(-n2[nH]c(=O)ccc2=O)c1)c1c(F)cccc1F. The van der Waals surface area contributed by atoms with E-state index in [-0.39, 0.29) is 16.8 Å². The first-order valence-electron chi connectivity index (χ1n) is 7.94. The first-order chi connectivity index (χ1) is 12.9. The molecule has 0 saturated carbocycles. The molecule has 2 aromatic carbocycles. The Hall–Kier alpha value is -3.55. The average molecular weight is 372 g/mol. The van der Waals surface area contributed by atoms with Crippen molar-refractivity contribution in [3.8, 4) is 5.69 Å². The lowest BCUT2D eigenvalue weighted by molar-refractivity contribution is 0.0324. The zero-order valence-corrected chi connectivity index (χ0v) is 14.1. The number of hydrogen-bond acceptors (Lipinski definition) is 4. The van der Waals surface area contributed by atoms with Crippen molar-refractivity contribution in [3.63, 3.8) is 0 Å². The Morgan fingerprint density at radius 2 is 1.70 bits per heavy atom. The highest BCUT2D eigenvalue weighted by Gasteiger charge is 2.20. The molecular weight excluding hydrogens is 358 g/mol. The van der Waals surface area contributed by atoms with Crippen LogP contribution >= 0.6 is 0 Å². The van der Waals surface area contributed by atoms with Gasteiger partial charge < -0.3 is 4.74 Å². The molecule has 3 rings (SSSR count). The van der Waals surface area contributed by atoms with Gasteiger partial charge in [0.2, 0.25) is 0 Å². The molecule has 0 saturated heterocycles. The largest absolute Gasteiger partial charge is 0.454 e. The molecule has 0 aliphatic heterocycles. The third kappa shape index (κ3) is 3.84. The Bertz CT molecular complexity index is 1100. The predicted molar refractivity (Wildman–Crippen MR) is 92.8 cm³/mol. The number of nitrogens with zero attached hydrogens (tertiary/aromatic N) is 1. The molecule has 0 spiro atoms. The standard InChI is InChI=1S/C19H14F2N2O4/c1-11(18-14(20)6-3-7-15(18)21)27-19(26)12-4-2-5-13(10-12)23-17(25)9-8-16(24)22-23/h2-11H,1H3,(H,22,24)/t11-/m0/s1. The van der Waals surface area contributed by atoms with Crippen LogP contribution < -0.4 is 11.1 Å². The lowest BCUT2D eigenvalue weighted by Crippen LogP contribution is -2.26. The molecule has 6 nitrogen and oxygen atoms in total. The van der Waals surface area contributed by atoms with Gasteiger partial charge in [0.15, 0.2) is 0 Å². The number of carbonyl (C=O) groups is 1. The molecule has 27 heavy (non-hydrogen) atoms. The van der Waals surface area contributed by atoms with Gasteiger partial charge in [-0.2, -0.15) is 0 Å². The van der Waals surface area contributed by atoms with Gasteiger partial charge in [0, 0.05) is 12.1 Å². The van der Waals surface area contributed by atoms with Crippen LogP contribution in [0.1, 0.15) is 28.9 Å². The lowest BCUT2D eigenvalue weighted by Gasteiger charge is -2.15. The molecule has 1 heterocycles. The number of hydrogen-bond donors (Lipinski definition) is 1. The Morgan fingerprint density at radius 1 is 1.04 bits per heavy atom. The Kier molecular flexibility index (Phi) is 4.98. The summed E-state index contributed by atoms with van der Waals surface area (Å²) in [5.74, 6) is -2.48. The van der Waals surface area contributed by atoms with E-state index in [9.17, 15) is 23.2 Å². The van der Waals surface area contributed by atoms with Crippen molar-refractivity contribution in [3.05, 3.63) is 98.1 Å².